The first-order valence-electron chi connectivity index (χ1n) is 6.29. The summed E-state index contributed by atoms with van der Waals surface area (Å²) in [5.74, 6) is -2.10. The molecule has 2 rings (SSSR count). The number of fused-ring (bicyclic) bond motifs is 1. The molecule has 7 heteroatoms. The molecule has 0 radical (unpaired) electrons. The maximum Gasteiger partial charge on any atom is 0.221 e. The van der Waals surface area contributed by atoms with E-state index < -0.39 is 11.6 Å². The lowest BCUT2D eigenvalue weighted by Gasteiger charge is -2.10. The molecule has 5 nitrogen and oxygen atoms in total. The van der Waals surface area contributed by atoms with E-state index in [-0.39, 0.29) is 41.9 Å². The second kappa shape index (κ2) is 5.44. The molecule has 108 valence electrons. The summed E-state index contributed by atoms with van der Waals surface area (Å²) in [6.07, 6.45) is 0.115. The zero-order valence-corrected chi connectivity index (χ0v) is 11.3. The van der Waals surface area contributed by atoms with Crippen LogP contribution in [-0.2, 0) is 11.3 Å². The molecule has 0 bridgehead atoms. The normalized spacial score (nSPS) is 11.2. The third-order valence-electron chi connectivity index (χ3n) is 2.84. The number of anilines is 1. The van der Waals surface area contributed by atoms with E-state index >= 15 is 0 Å². The first-order chi connectivity index (χ1) is 9.40. The average molecular weight is 282 g/mol. The fraction of sp³-hybridized carbons (Fsp3) is 0.385. The highest BCUT2D eigenvalue weighted by molar-refractivity contribution is 5.80. The zero-order chi connectivity index (χ0) is 14.9. The van der Waals surface area contributed by atoms with E-state index in [9.17, 15) is 13.6 Å². The fourth-order valence-electron chi connectivity index (χ4n) is 2.01. The molecular formula is C13H16F2N4O. The molecule has 0 unspecified atom stereocenters. The molecule has 0 aliphatic heterocycles. The van der Waals surface area contributed by atoms with Crippen LogP contribution < -0.4 is 11.1 Å². The second-order valence-electron chi connectivity index (χ2n) is 4.82. The van der Waals surface area contributed by atoms with Gasteiger partial charge in [-0.3, -0.25) is 4.79 Å². The van der Waals surface area contributed by atoms with Crippen molar-refractivity contribution in [2.45, 2.75) is 32.9 Å². The quantitative estimate of drug-likeness (QED) is 0.898. The Hall–Kier alpha value is -2.18. The van der Waals surface area contributed by atoms with Crippen molar-refractivity contribution >= 4 is 22.9 Å². The van der Waals surface area contributed by atoms with E-state index in [0.29, 0.717) is 0 Å². The lowest BCUT2D eigenvalue weighted by molar-refractivity contribution is -0.121. The van der Waals surface area contributed by atoms with Crippen molar-refractivity contribution in [2.75, 3.05) is 5.73 Å². The SMILES string of the molecule is CC(C)NC(=O)CCn1c(N)nc2ccc(F)c(F)c21. The lowest BCUT2D eigenvalue weighted by atomic mass is 10.2. The number of nitrogens with zero attached hydrogens (tertiary/aromatic N) is 2. The second-order valence-corrected chi connectivity index (χ2v) is 4.82. The minimum Gasteiger partial charge on any atom is -0.369 e. The van der Waals surface area contributed by atoms with Crippen LogP contribution in [0.2, 0.25) is 0 Å². The Labute approximate surface area is 114 Å². The number of hydrogen-bond donors (Lipinski definition) is 2. The highest BCUT2D eigenvalue weighted by Gasteiger charge is 2.16. The van der Waals surface area contributed by atoms with Gasteiger partial charge in [-0.25, -0.2) is 13.8 Å². The highest BCUT2D eigenvalue weighted by Crippen LogP contribution is 2.23. The summed E-state index contributed by atoms with van der Waals surface area (Å²) >= 11 is 0. The molecule has 0 aliphatic carbocycles. The minimum atomic E-state index is -1.00. The molecule has 1 aromatic heterocycles. The summed E-state index contributed by atoms with van der Waals surface area (Å²) in [7, 11) is 0. The van der Waals surface area contributed by atoms with Crippen LogP contribution in [0.1, 0.15) is 20.3 Å². The van der Waals surface area contributed by atoms with Gasteiger partial charge < -0.3 is 15.6 Å². The number of benzene rings is 1. The number of carbonyl (C=O) groups is 1. The number of imidazole rings is 1. The van der Waals surface area contributed by atoms with Gasteiger partial charge in [0.1, 0.15) is 5.52 Å². The number of rotatable bonds is 4. The van der Waals surface area contributed by atoms with E-state index in [4.69, 9.17) is 5.73 Å². The number of nitrogen functional groups attached to an aromatic ring is 1. The van der Waals surface area contributed by atoms with Crippen molar-refractivity contribution in [1.82, 2.24) is 14.9 Å². The van der Waals surface area contributed by atoms with Crippen molar-refractivity contribution in [3.05, 3.63) is 23.8 Å². The van der Waals surface area contributed by atoms with Crippen LogP contribution in [0.15, 0.2) is 12.1 Å². The molecule has 1 heterocycles. The largest absolute Gasteiger partial charge is 0.369 e. The van der Waals surface area contributed by atoms with Crippen LogP contribution in [0, 0.1) is 11.6 Å². The molecule has 0 saturated heterocycles. The van der Waals surface area contributed by atoms with Crippen LogP contribution in [0.3, 0.4) is 0 Å². The third kappa shape index (κ3) is 2.71. The van der Waals surface area contributed by atoms with Gasteiger partial charge >= 0.3 is 0 Å². The molecule has 3 N–H and O–H groups in total. The monoisotopic (exact) mass is 282 g/mol. The number of halogens is 2. The van der Waals surface area contributed by atoms with Crippen LogP contribution in [-0.4, -0.2) is 21.5 Å². The summed E-state index contributed by atoms with van der Waals surface area (Å²) in [5.41, 5.74) is 5.95. The molecule has 1 amide bonds. The first-order valence-corrected chi connectivity index (χ1v) is 6.29. The van der Waals surface area contributed by atoms with E-state index in [1.165, 1.54) is 10.6 Å². The molecule has 2 aromatic rings. The van der Waals surface area contributed by atoms with Crippen molar-refractivity contribution < 1.29 is 13.6 Å². The molecule has 0 fully saturated rings. The molecule has 0 saturated carbocycles. The number of nitrogens with two attached hydrogens (primary N) is 1. The molecule has 0 aliphatic rings. The molecule has 0 spiro atoms. The van der Waals surface area contributed by atoms with E-state index in [0.717, 1.165) is 6.07 Å². The third-order valence-corrected chi connectivity index (χ3v) is 2.84. The van der Waals surface area contributed by atoms with Gasteiger partial charge in [0.15, 0.2) is 11.6 Å². The van der Waals surface area contributed by atoms with Crippen LogP contribution in [0.25, 0.3) is 11.0 Å². The Morgan fingerprint density at radius 2 is 2.15 bits per heavy atom. The van der Waals surface area contributed by atoms with Crippen molar-refractivity contribution in [2.24, 2.45) is 0 Å². The van der Waals surface area contributed by atoms with Crippen molar-refractivity contribution in [3.63, 3.8) is 0 Å². The average Bonchev–Trinajstić information content (AvgIpc) is 2.67. The van der Waals surface area contributed by atoms with Gasteiger partial charge in [-0.2, -0.15) is 0 Å². The van der Waals surface area contributed by atoms with Crippen molar-refractivity contribution in [3.8, 4) is 0 Å². The standard InChI is InChI=1S/C13H16F2N4O/c1-7(2)17-10(20)5-6-19-12-9(18-13(19)16)4-3-8(14)11(12)15/h3-4,7H,5-6H2,1-2H3,(H2,16,18)(H,17,20). The summed E-state index contributed by atoms with van der Waals surface area (Å²) in [5, 5.41) is 2.72. The summed E-state index contributed by atoms with van der Waals surface area (Å²) in [6.45, 7) is 3.82. The van der Waals surface area contributed by atoms with Crippen LogP contribution in [0.5, 0.6) is 0 Å². The van der Waals surface area contributed by atoms with Gasteiger partial charge in [0.05, 0.1) is 5.52 Å². The number of aromatic nitrogens is 2. The number of nitrogens with one attached hydrogen (secondary N) is 1. The van der Waals surface area contributed by atoms with Gasteiger partial charge in [0, 0.05) is 19.0 Å². The van der Waals surface area contributed by atoms with E-state index in [2.05, 4.69) is 10.3 Å². The number of carbonyl (C=O) groups excluding carboxylic acids is 1. The van der Waals surface area contributed by atoms with E-state index in [1.807, 2.05) is 13.8 Å². The number of amides is 1. The molecule has 0 atom stereocenters. The maximum absolute atomic E-state index is 13.8. The van der Waals surface area contributed by atoms with E-state index in [1.54, 1.807) is 0 Å². The van der Waals surface area contributed by atoms with Crippen LogP contribution in [0.4, 0.5) is 14.7 Å². The fourth-order valence-corrected chi connectivity index (χ4v) is 2.01. The number of aryl methyl sites for hydroxylation is 1. The predicted octanol–water partition coefficient (Wildman–Crippen LogP) is 1.81. The smallest absolute Gasteiger partial charge is 0.221 e. The maximum atomic E-state index is 13.8. The summed E-state index contributed by atoms with van der Waals surface area (Å²) in [4.78, 5) is 15.6. The van der Waals surface area contributed by atoms with Crippen LogP contribution >= 0.6 is 0 Å². The Kier molecular flexibility index (Phi) is 3.87. The molecular weight excluding hydrogens is 266 g/mol. The predicted molar refractivity (Wildman–Crippen MR) is 72.0 cm³/mol. The Bertz CT molecular complexity index is 651. The van der Waals surface area contributed by atoms with Gasteiger partial charge in [-0.15, -0.1) is 0 Å². The zero-order valence-electron chi connectivity index (χ0n) is 11.3. The first kappa shape index (κ1) is 14.2. The Morgan fingerprint density at radius 1 is 1.45 bits per heavy atom. The van der Waals surface area contributed by atoms with Gasteiger partial charge in [0.2, 0.25) is 11.9 Å². The molecule has 1 aromatic carbocycles. The highest BCUT2D eigenvalue weighted by atomic mass is 19.2. The summed E-state index contributed by atoms with van der Waals surface area (Å²) in [6, 6.07) is 2.38. The topological polar surface area (TPSA) is 72.9 Å². The van der Waals surface area contributed by atoms with Gasteiger partial charge in [-0.05, 0) is 26.0 Å². The Morgan fingerprint density at radius 3 is 2.80 bits per heavy atom. The van der Waals surface area contributed by atoms with Gasteiger partial charge in [-0.1, -0.05) is 0 Å². The van der Waals surface area contributed by atoms with Gasteiger partial charge in [0.25, 0.3) is 0 Å². The van der Waals surface area contributed by atoms with Crippen molar-refractivity contribution in [1.29, 1.82) is 0 Å². The molecule has 20 heavy (non-hydrogen) atoms. The number of hydrogen-bond acceptors (Lipinski definition) is 3. The Balaban J connectivity index is 2.28. The lowest BCUT2D eigenvalue weighted by Crippen LogP contribution is -2.30. The minimum absolute atomic E-state index is 0.0140. The summed E-state index contributed by atoms with van der Waals surface area (Å²) < 4.78 is 28.4.